The minimum atomic E-state index is -0.440. The average Bonchev–Trinajstić information content (AvgIpc) is 2.49. The zero-order chi connectivity index (χ0) is 18.8. The summed E-state index contributed by atoms with van der Waals surface area (Å²) in [5.41, 5.74) is 0. The number of esters is 2. The van der Waals surface area contributed by atoms with Gasteiger partial charge in [-0.25, -0.2) is 0 Å². The molecule has 0 saturated carbocycles. The molecule has 0 atom stereocenters. The maximum absolute atomic E-state index is 10.4. The van der Waals surface area contributed by atoms with E-state index in [2.05, 4.69) is 9.47 Å². The summed E-state index contributed by atoms with van der Waals surface area (Å²) in [5, 5.41) is 0. The Morgan fingerprint density at radius 1 is 0.833 bits per heavy atom. The third kappa shape index (κ3) is 23.2. The molecule has 8 nitrogen and oxygen atoms in total. The molecule has 138 valence electrons. The van der Waals surface area contributed by atoms with Crippen molar-refractivity contribution in [3.63, 3.8) is 0 Å². The van der Waals surface area contributed by atoms with Gasteiger partial charge in [0.25, 0.3) is 0 Å². The summed E-state index contributed by atoms with van der Waals surface area (Å²) in [7, 11) is 0. The molecular formula is C15H26O8Ti. The van der Waals surface area contributed by atoms with Crippen molar-refractivity contribution in [2.24, 2.45) is 0 Å². The second-order valence-corrected chi connectivity index (χ2v) is 5.66. The van der Waals surface area contributed by atoms with Gasteiger partial charge in [-0.2, -0.15) is 0 Å². The van der Waals surface area contributed by atoms with Gasteiger partial charge in [0.05, 0.1) is 13.2 Å². The number of ether oxygens (including phenoxy) is 2. The molecule has 0 aromatic carbocycles. The molecule has 1 heterocycles. The standard InChI is InChI=1S/2C6H10O3.C3H6O2.Ti/c2*1-3-9-6(8)4-5(2)7;4-2-1-3-5;/h2*3-4H2,1-2H3;1-3H2;/q;;-2;+2. The third-order valence-corrected chi connectivity index (χ3v) is 3.01. The fourth-order valence-corrected chi connectivity index (χ4v) is 2.00. The summed E-state index contributed by atoms with van der Waals surface area (Å²) in [6.07, 6.45) is 0.880. The molecule has 0 radical (unpaired) electrons. The van der Waals surface area contributed by atoms with Crippen LogP contribution in [0.1, 0.15) is 47.0 Å². The molecule has 9 heteroatoms. The Morgan fingerprint density at radius 3 is 1.38 bits per heavy atom. The van der Waals surface area contributed by atoms with Gasteiger partial charge in [0.15, 0.2) is 0 Å². The molecule has 1 aliphatic rings. The van der Waals surface area contributed by atoms with E-state index in [4.69, 9.17) is 6.64 Å². The van der Waals surface area contributed by atoms with E-state index in [9.17, 15) is 19.2 Å². The topological polar surface area (TPSA) is 105 Å². The van der Waals surface area contributed by atoms with Crippen molar-refractivity contribution in [2.45, 2.75) is 47.0 Å². The van der Waals surface area contributed by atoms with Crippen LogP contribution in [0, 0.1) is 0 Å². The maximum Gasteiger partial charge on any atom is 0.313 e. The van der Waals surface area contributed by atoms with E-state index in [-0.39, 0.29) is 24.4 Å². The van der Waals surface area contributed by atoms with Gasteiger partial charge in [0.2, 0.25) is 0 Å². The van der Waals surface area contributed by atoms with Crippen LogP contribution in [-0.2, 0) is 55.2 Å². The molecule has 0 amide bonds. The predicted octanol–water partition coefficient (Wildman–Crippen LogP) is 1.39. The Hall–Kier alpha value is -1.09. The second-order valence-electron chi connectivity index (χ2n) is 4.50. The van der Waals surface area contributed by atoms with E-state index < -0.39 is 31.9 Å². The quantitative estimate of drug-likeness (QED) is 0.386. The minimum absolute atomic E-state index is 0.103. The number of carbonyl (C=O) groups excluding carboxylic acids is 4. The third-order valence-electron chi connectivity index (χ3n) is 2.01. The molecule has 0 bridgehead atoms. The van der Waals surface area contributed by atoms with E-state index in [0.717, 1.165) is 19.6 Å². The summed E-state index contributed by atoms with van der Waals surface area (Å²) in [5.74, 6) is -1.20. The van der Waals surface area contributed by atoms with Gasteiger partial charge >= 0.3 is 58.1 Å². The summed E-state index contributed by atoms with van der Waals surface area (Å²) >= 11 is -0.392. The molecule has 0 aromatic heterocycles. The first-order valence-corrected chi connectivity index (χ1v) is 8.89. The molecule has 0 aromatic rings. The van der Waals surface area contributed by atoms with Crippen LogP contribution in [0.3, 0.4) is 0 Å². The molecule has 0 spiro atoms. The number of ketones is 2. The molecule has 1 rings (SSSR count). The van der Waals surface area contributed by atoms with Crippen LogP contribution in [0.15, 0.2) is 0 Å². The molecule has 0 N–H and O–H groups in total. The number of hydrogen-bond acceptors (Lipinski definition) is 8. The maximum atomic E-state index is 10.4. The summed E-state index contributed by atoms with van der Waals surface area (Å²) in [6, 6.07) is 0. The Morgan fingerprint density at radius 2 is 1.21 bits per heavy atom. The van der Waals surface area contributed by atoms with Crippen molar-refractivity contribution < 1.29 is 55.2 Å². The fraction of sp³-hybridized carbons (Fsp3) is 0.733. The van der Waals surface area contributed by atoms with Gasteiger partial charge in [-0.15, -0.1) is 0 Å². The van der Waals surface area contributed by atoms with Crippen LogP contribution in [0.2, 0.25) is 0 Å². The number of Topliss-reactive ketones (excluding diaryl/α,β-unsaturated/α-hetero) is 2. The number of hydrogen-bond donors (Lipinski definition) is 0. The monoisotopic (exact) mass is 382 g/mol. The van der Waals surface area contributed by atoms with E-state index in [1.54, 1.807) is 13.8 Å². The van der Waals surface area contributed by atoms with Crippen LogP contribution >= 0.6 is 0 Å². The van der Waals surface area contributed by atoms with E-state index in [1.807, 2.05) is 0 Å². The van der Waals surface area contributed by atoms with Crippen LogP contribution in [0.25, 0.3) is 0 Å². The summed E-state index contributed by atoms with van der Waals surface area (Å²) in [6.45, 7) is 8.67. The van der Waals surface area contributed by atoms with Crippen molar-refractivity contribution in [3.8, 4) is 0 Å². The first-order chi connectivity index (χ1) is 11.3. The van der Waals surface area contributed by atoms with Gasteiger partial charge in [0.1, 0.15) is 24.4 Å². The van der Waals surface area contributed by atoms with Crippen molar-refractivity contribution in [1.29, 1.82) is 0 Å². The second kappa shape index (κ2) is 18.3. The van der Waals surface area contributed by atoms with Gasteiger partial charge in [0, 0.05) is 0 Å². The van der Waals surface area contributed by atoms with Crippen LogP contribution in [-0.4, -0.2) is 49.9 Å². The Labute approximate surface area is 152 Å². The normalized spacial score (nSPS) is 12.2. The molecular weight excluding hydrogens is 356 g/mol. The Kier molecular flexibility index (Phi) is 19.1. The smallest absolute Gasteiger partial charge is 0.313 e. The van der Waals surface area contributed by atoms with Gasteiger partial charge in [-0.1, -0.05) is 0 Å². The predicted molar refractivity (Wildman–Crippen MR) is 80.4 cm³/mol. The van der Waals surface area contributed by atoms with Crippen LogP contribution < -0.4 is 0 Å². The van der Waals surface area contributed by atoms with Crippen molar-refractivity contribution in [2.75, 3.05) is 26.4 Å². The van der Waals surface area contributed by atoms with Crippen LogP contribution in [0.4, 0.5) is 0 Å². The molecule has 0 unspecified atom stereocenters. The number of carbonyl (C=O) groups is 4. The zero-order valence-electron chi connectivity index (χ0n) is 14.7. The average molecular weight is 382 g/mol. The molecule has 1 fully saturated rings. The van der Waals surface area contributed by atoms with Crippen molar-refractivity contribution in [3.05, 3.63) is 0 Å². The van der Waals surface area contributed by atoms with Crippen LogP contribution in [0.5, 0.6) is 0 Å². The molecule has 1 saturated heterocycles. The Bertz CT molecular complexity index is 338. The SMILES string of the molecule is C1C[O][Ti][O]C1.CCOC(=O)CC(C)=O.CCOC(=O)CC(C)=O. The first-order valence-electron chi connectivity index (χ1n) is 7.62. The number of rotatable bonds is 6. The Balaban J connectivity index is 0. The summed E-state index contributed by atoms with van der Waals surface area (Å²) < 4.78 is 18.9. The van der Waals surface area contributed by atoms with Gasteiger partial charge < -0.3 is 9.47 Å². The van der Waals surface area contributed by atoms with Crippen molar-refractivity contribution >= 4 is 23.5 Å². The van der Waals surface area contributed by atoms with E-state index in [0.29, 0.717) is 13.2 Å². The first kappa shape index (κ1) is 25.2. The van der Waals surface area contributed by atoms with E-state index >= 15 is 0 Å². The van der Waals surface area contributed by atoms with Gasteiger partial charge in [-0.05, 0) is 27.7 Å². The molecule has 0 aliphatic carbocycles. The fourth-order valence-electron chi connectivity index (χ4n) is 1.16. The molecule has 24 heavy (non-hydrogen) atoms. The summed E-state index contributed by atoms with van der Waals surface area (Å²) in [4.78, 5) is 41.3. The van der Waals surface area contributed by atoms with Crippen molar-refractivity contribution in [1.82, 2.24) is 0 Å². The minimum Gasteiger partial charge on any atom is -0.466 e. The van der Waals surface area contributed by atoms with Gasteiger partial charge in [-0.3, -0.25) is 19.2 Å². The van der Waals surface area contributed by atoms with E-state index in [1.165, 1.54) is 13.8 Å². The zero-order valence-corrected chi connectivity index (χ0v) is 16.3. The molecule has 1 aliphatic heterocycles. The largest absolute Gasteiger partial charge is 0.466 e.